The maximum Gasteiger partial charge on any atom is 0.261 e. The molecule has 2 rings (SSSR count). The van der Waals surface area contributed by atoms with Gasteiger partial charge in [-0.1, -0.05) is 23.7 Å². The zero-order valence-corrected chi connectivity index (χ0v) is 13.4. The number of rotatable bonds is 5. The Morgan fingerprint density at radius 2 is 1.70 bits per heavy atom. The minimum Gasteiger partial charge on any atom is -0.479 e. The number of carbonyl (C=O) groups excluding carboxylic acids is 1. The van der Waals surface area contributed by atoms with Crippen LogP contribution in [0.25, 0.3) is 0 Å². The van der Waals surface area contributed by atoms with E-state index in [0.717, 1.165) is 11.6 Å². The van der Waals surface area contributed by atoms with E-state index in [1.54, 1.807) is 26.0 Å². The van der Waals surface area contributed by atoms with Gasteiger partial charge in [-0.15, -0.1) is 0 Å². The molecule has 6 heteroatoms. The van der Waals surface area contributed by atoms with Gasteiger partial charge in [0.15, 0.2) is 6.10 Å². The number of halogens is 3. The van der Waals surface area contributed by atoms with E-state index in [-0.39, 0.29) is 28.5 Å². The van der Waals surface area contributed by atoms with Crippen molar-refractivity contribution in [2.24, 2.45) is 0 Å². The van der Waals surface area contributed by atoms with Gasteiger partial charge in [0.25, 0.3) is 5.91 Å². The smallest absolute Gasteiger partial charge is 0.261 e. The fraction of sp³-hybridized carbons (Fsp3) is 0.235. The molecule has 2 aromatic rings. The zero-order valence-electron chi connectivity index (χ0n) is 12.6. The molecule has 1 amide bonds. The molecule has 3 nitrogen and oxygen atoms in total. The Hall–Kier alpha value is -2.14. The predicted octanol–water partition coefficient (Wildman–Crippen LogP) is 4.26. The molecular weight excluding hydrogens is 324 g/mol. The van der Waals surface area contributed by atoms with Crippen molar-refractivity contribution in [1.29, 1.82) is 0 Å². The highest BCUT2D eigenvalue weighted by atomic mass is 35.5. The third-order valence-electron chi connectivity index (χ3n) is 3.30. The summed E-state index contributed by atoms with van der Waals surface area (Å²) in [6.45, 7) is 3.34. The van der Waals surface area contributed by atoms with E-state index >= 15 is 0 Å². The van der Waals surface area contributed by atoms with Gasteiger partial charge in [0.2, 0.25) is 0 Å². The third kappa shape index (κ3) is 4.66. The number of ether oxygens (including phenoxy) is 1. The Labute approximate surface area is 138 Å². The summed E-state index contributed by atoms with van der Waals surface area (Å²) in [6.07, 6.45) is -0.819. The lowest BCUT2D eigenvalue weighted by molar-refractivity contribution is -0.127. The molecule has 0 saturated carbocycles. The second kappa shape index (κ2) is 7.42. The van der Waals surface area contributed by atoms with E-state index in [9.17, 15) is 13.6 Å². The molecule has 2 atom stereocenters. The lowest BCUT2D eigenvalue weighted by Crippen LogP contribution is -2.37. The highest BCUT2D eigenvalue weighted by Crippen LogP contribution is 2.26. The minimum absolute atomic E-state index is 0.0937. The summed E-state index contributed by atoms with van der Waals surface area (Å²) in [7, 11) is 0. The van der Waals surface area contributed by atoms with Gasteiger partial charge in [-0.05, 0) is 49.7 Å². The Balaban J connectivity index is 1.98. The molecule has 122 valence electrons. The molecule has 0 heterocycles. The zero-order chi connectivity index (χ0) is 17.0. The molecule has 0 radical (unpaired) electrons. The fourth-order valence-electron chi connectivity index (χ4n) is 1.98. The van der Waals surface area contributed by atoms with E-state index in [0.29, 0.717) is 0 Å². The monoisotopic (exact) mass is 339 g/mol. The molecule has 2 aromatic carbocycles. The highest BCUT2D eigenvalue weighted by Gasteiger charge is 2.19. The van der Waals surface area contributed by atoms with Crippen molar-refractivity contribution in [2.75, 3.05) is 0 Å². The number of nitrogens with one attached hydrogen (secondary N) is 1. The molecule has 0 aliphatic carbocycles. The third-order valence-corrected chi connectivity index (χ3v) is 3.59. The van der Waals surface area contributed by atoms with Crippen molar-refractivity contribution in [3.63, 3.8) is 0 Å². The van der Waals surface area contributed by atoms with Gasteiger partial charge in [-0.2, -0.15) is 0 Å². The summed E-state index contributed by atoms with van der Waals surface area (Å²) < 4.78 is 31.3. The Kier molecular flexibility index (Phi) is 5.55. The van der Waals surface area contributed by atoms with Crippen LogP contribution >= 0.6 is 11.6 Å². The number of benzene rings is 2. The van der Waals surface area contributed by atoms with Crippen molar-refractivity contribution in [3.05, 3.63) is 64.7 Å². The molecule has 0 fully saturated rings. The Morgan fingerprint density at radius 3 is 2.30 bits per heavy atom. The van der Waals surface area contributed by atoms with Gasteiger partial charge in [0, 0.05) is 0 Å². The van der Waals surface area contributed by atoms with Crippen LogP contribution in [0.15, 0.2) is 42.5 Å². The molecule has 0 aliphatic heterocycles. The molecule has 0 aliphatic rings. The topological polar surface area (TPSA) is 38.3 Å². The first kappa shape index (κ1) is 17.2. The van der Waals surface area contributed by atoms with Gasteiger partial charge in [0.1, 0.15) is 17.4 Å². The average Bonchev–Trinajstić information content (AvgIpc) is 2.50. The summed E-state index contributed by atoms with van der Waals surface area (Å²) in [5, 5.41) is 2.86. The van der Waals surface area contributed by atoms with Gasteiger partial charge >= 0.3 is 0 Å². The average molecular weight is 340 g/mol. The summed E-state index contributed by atoms with van der Waals surface area (Å²) in [5.74, 6) is -0.952. The quantitative estimate of drug-likeness (QED) is 0.883. The Morgan fingerprint density at radius 1 is 1.09 bits per heavy atom. The van der Waals surface area contributed by atoms with Gasteiger partial charge in [0.05, 0.1) is 11.1 Å². The molecule has 0 saturated heterocycles. The van der Waals surface area contributed by atoms with E-state index < -0.39 is 11.9 Å². The van der Waals surface area contributed by atoms with Crippen LogP contribution in [0.2, 0.25) is 5.02 Å². The van der Waals surface area contributed by atoms with Crippen molar-refractivity contribution < 1.29 is 18.3 Å². The van der Waals surface area contributed by atoms with Crippen LogP contribution < -0.4 is 10.1 Å². The van der Waals surface area contributed by atoms with Crippen LogP contribution in [0.1, 0.15) is 25.5 Å². The van der Waals surface area contributed by atoms with Crippen molar-refractivity contribution >= 4 is 17.5 Å². The first-order valence-corrected chi connectivity index (χ1v) is 7.42. The first-order valence-electron chi connectivity index (χ1n) is 7.04. The number of hydrogen-bond donors (Lipinski definition) is 1. The SMILES string of the molecule is C[C@H](Oc1ccc(F)cc1Cl)C(=O)N[C@H](C)c1ccc(F)cc1. The van der Waals surface area contributed by atoms with Crippen LogP contribution in [0, 0.1) is 11.6 Å². The van der Waals surface area contributed by atoms with E-state index in [1.807, 2.05) is 0 Å². The van der Waals surface area contributed by atoms with E-state index in [2.05, 4.69) is 5.32 Å². The van der Waals surface area contributed by atoms with Crippen LogP contribution in [0.3, 0.4) is 0 Å². The molecule has 23 heavy (non-hydrogen) atoms. The normalized spacial score (nSPS) is 13.3. The van der Waals surface area contributed by atoms with Crippen molar-refractivity contribution in [3.8, 4) is 5.75 Å². The number of carbonyl (C=O) groups is 1. The second-order valence-corrected chi connectivity index (χ2v) is 5.52. The highest BCUT2D eigenvalue weighted by molar-refractivity contribution is 6.32. The van der Waals surface area contributed by atoms with Gasteiger partial charge < -0.3 is 10.1 Å². The van der Waals surface area contributed by atoms with Crippen molar-refractivity contribution in [1.82, 2.24) is 5.32 Å². The molecule has 1 N–H and O–H groups in total. The van der Waals surface area contributed by atoms with E-state index in [1.165, 1.54) is 24.3 Å². The molecular formula is C17H16ClF2NO2. The number of amides is 1. The van der Waals surface area contributed by atoms with Gasteiger partial charge in [-0.3, -0.25) is 4.79 Å². The largest absolute Gasteiger partial charge is 0.479 e. The summed E-state index contributed by atoms with van der Waals surface area (Å²) in [4.78, 5) is 12.1. The lowest BCUT2D eigenvalue weighted by Gasteiger charge is -2.19. The standard InChI is InChI=1S/C17H16ClF2NO2/c1-10(12-3-5-13(19)6-4-12)21-17(22)11(2)23-16-8-7-14(20)9-15(16)18/h3-11H,1-2H3,(H,21,22)/t10-,11+/m1/s1. The maximum absolute atomic E-state index is 13.0. The van der Waals surface area contributed by atoms with Crippen molar-refractivity contribution in [2.45, 2.75) is 26.0 Å². The summed E-state index contributed by atoms with van der Waals surface area (Å²) in [5.41, 5.74) is 0.770. The minimum atomic E-state index is -0.819. The molecule has 0 spiro atoms. The van der Waals surface area contributed by atoms with Crippen LogP contribution in [-0.4, -0.2) is 12.0 Å². The van der Waals surface area contributed by atoms with Crippen LogP contribution in [-0.2, 0) is 4.79 Å². The molecule has 0 aromatic heterocycles. The Bertz CT molecular complexity index is 691. The van der Waals surface area contributed by atoms with E-state index in [4.69, 9.17) is 16.3 Å². The van der Waals surface area contributed by atoms with Crippen LogP contribution in [0.5, 0.6) is 5.75 Å². The maximum atomic E-state index is 13.0. The summed E-state index contributed by atoms with van der Waals surface area (Å²) in [6, 6.07) is 9.23. The number of hydrogen-bond acceptors (Lipinski definition) is 2. The second-order valence-electron chi connectivity index (χ2n) is 5.12. The first-order chi connectivity index (χ1) is 10.9. The summed E-state index contributed by atoms with van der Waals surface area (Å²) >= 11 is 5.86. The molecule has 0 unspecified atom stereocenters. The molecule has 0 bridgehead atoms. The van der Waals surface area contributed by atoms with Gasteiger partial charge in [-0.25, -0.2) is 8.78 Å². The fourth-order valence-corrected chi connectivity index (χ4v) is 2.19. The van der Waals surface area contributed by atoms with Crippen LogP contribution in [0.4, 0.5) is 8.78 Å². The lowest BCUT2D eigenvalue weighted by atomic mass is 10.1. The predicted molar refractivity (Wildman–Crippen MR) is 84.5 cm³/mol.